The Morgan fingerprint density at radius 2 is 1.62 bits per heavy atom. The number of ether oxygens (including phenoxy) is 1. The Kier molecular flexibility index (Phi) is 4.95. The van der Waals surface area contributed by atoms with Crippen molar-refractivity contribution in [1.82, 2.24) is 4.90 Å². The van der Waals surface area contributed by atoms with E-state index in [0.717, 1.165) is 38.0 Å². The van der Waals surface area contributed by atoms with Gasteiger partial charge >= 0.3 is 5.97 Å². The molecule has 2 fully saturated rings. The summed E-state index contributed by atoms with van der Waals surface area (Å²) in [5.74, 6) is 0.850. The lowest BCUT2D eigenvalue weighted by Gasteiger charge is -2.37. The maximum Gasteiger partial charge on any atom is 0.310 e. The number of carbonyl (C=O) groups is 2. The van der Waals surface area contributed by atoms with Crippen LogP contribution in [0.15, 0.2) is 0 Å². The van der Waals surface area contributed by atoms with Gasteiger partial charge < -0.3 is 9.64 Å². The van der Waals surface area contributed by atoms with E-state index in [9.17, 15) is 9.59 Å². The standard InChI is InChI=1S/C17H29NO3/c1-17(2,3)14-7-5-12(6-8-14)15(19)18-10-9-13(11-18)16(20)21-4/h12-14H,5-11H2,1-4H3. The number of amides is 1. The molecule has 0 aromatic carbocycles. The van der Waals surface area contributed by atoms with E-state index in [0.29, 0.717) is 18.5 Å². The number of hydrogen-bond donors (Lipinski definition) is 0. The fourth-order valence-electron chi connectivity index (χ4n) is 3.78. The molecule has 0 spiro atoms. The van der Waals surface area contributed by atoms with Gasteiger partial charge in [-0.15, -0.1) is 0 Å². The lowest BCUT2D eigenvalue weighted by Crippen LogP contribution is -2.38. The van der Waals surface area contributed by atoms with Crippen molar-refractivity contribution in [2.24, 2.45) is 23.2 Å². The number of hydrogen-bond acceptors (Lipinski definition) is 3. The highest BCUT2D eigenvalue weighted by Crippen LogP contribution is 2.40. The number of methoxy groups -OCH3 is 1. The average Bonchev–Trinajstić information content (AvgIpc) is 2.94. The first-order valence-corrected chi connectivity index (χ1v) is 8.19. The summed E-state index contributed by atoms with van der Waals surface area (Å²) < 4.78 is 4.78. The zero-order valence-electron chi connectivity index (χ0n) is 13.9. The van der Waals surface area contributed by atoms with Crippen molar-refractivity contribution in [3.05, 3.63) is 0 Å². The summed E-state index contributed by atoms with van der Waals surface area (Å²) >= 11 is 0. The molecule has 0 N–H and O–H groups in total. The van der Waals surface area contributed by atoms with Gasteiger partial charge in [-0.3, -0.25) is 9.59 Å². The Morgan fingerprint density at radius 3 is 2.14 bits per heavy atom. The maximum absolute atomic E-state index is 12.6. The van der Waals surface area contributed by atoms with Crippen LogP contribution in [0.3, 0.4) is 0 Å². The maximum atomic E-state index is 12.6. The van der Waals surface area contributed by atoms with Gasteiger partial charge in [-0.25, -0.2) is 0 Å². The van der Waals surface area contributed by atoms with E-state index < -0.39 is 0 Å². The molecular formula is C17H29NO3. The fourth-order valence-corrected chi connectivity index (χ4v) is 3.78. The molecule has 0 aromatic rings. The van der Waals surface area contributed by atoms with Crippen LogP contribution in [-0.2, 0) is 14.3 Å². The number of nitrogens with zero attached hydrogens (tertiary/aromatic N) is 1. The summed E-state index contributed by atoms with van der Waals surface area (Å²) in [7, 11) is 1.42. The molecule has 120 valence electrons. The first-order valence-electron chi connectivity index (χ1n) is 8.19. The molecule has 4 nitrogen and oxygen atoms in total. The molecule has 1 atom stereocenters. The third-order valence-corrected chi connectivity index (χ3v) is 5.34. The van der Waals surface area contributed by atoms with Gasteiger partial charge in [0.15, 0.2) is 0 Å². The van der Waals surface area contributed by atoms with Crippen LogP contribution < -0.4 is 0 Å². The summed E-state index contributed by atoms with van der Waals surface area (Å²) in [5.41, 5.74) is 0.345. The second-order valence-corrected chi connectivity index (χ2v) is 7.71. The third-order valence-electron chi connectivity index (χ3n) is 5.34. The molecular weight excluding hydrogens is 266 g/mol. The van der Waals surface area contributed by atoms with E-state index in [1.54, 1.807) is 0 Å². The van der Waals surface area contributed by atoms with Crippen LogP contribution in [0.1, 0.15) is 52.9 Å². The fraction of sp³-hybridized carbons (Fsp3) is 0.882. The van der Waals surface area contributed by atoms with Gasteiger partial charge in [-0.1, -0.05) is 20.8 Å². The third kappa shape index (κ3) is 3.78. The summed E-state index contributed by atoms with van der Waals surface area (Å²) in [6, 6.07) is 0. The molecule has 1 aliphatic carbocycles. The van der Waals surface area contributed by atoms with E-state index in [1.165, 1.54) is 7.11 Å². The topological polar surface area (TPSA) is 46.6 Å². The van der Waals surface area contributed by atoms with E-state index in [4.69, 9.17) is 4.74 Å². The van der Waals surface area contributed by atoms with Gasteiger partial charge in [0.2, 0.25) is 5.91 Å². The molecule has 1 unspecified atom stereocenters. The predicted octanol–water partition coefficient (Wildman–Crippen LogP) is 2.86. The molecule has 0 bridgehead atoms. The molecule has 0 radical (unpaired) electrons. The highest BCUT2D eigenvalue weighted by Gasteiger charge is 2.37. The first kappa shape index (κ1) is 16.3. The predicted molar refractivity (Wildman–Crippen MR) is 81.6 cm³/mol. The van der Waals surface area contributed by atoms with E-state index in [-0.39, 0.29) is 23.7 Å². The average molecular weight is 295 g/mol. The lowest BCUT2D eigenvalue weighted by molar-refractivity contribution is -0.145. The molecule has 0 aromatic heterocycles. The minimum atomic E-state index is -0.179. The molecule has 4 heteroatoms. The molecule has 2 rings (SSSR count). The highest BCUT2D eigenvalue weighted by molar-refractivity contribution is 5.81. The second-order valence-electron chi connectivity index (χ2n) is 7.71. The quantitative estimate of drug-likeness (QED) is 0.736. The normalized spacial score (nSPS) is 30.3. The molecule has 21 heavy (non-hydrogen) atoms. The van der Waals surface area contributed by atoms with Crippen LogP contribution in [-0.4, -0.2) is 37.0 Å². The van der Waals surface area contributed by atoms with Gasteiger partial charge in [0.25, 0.3) is 0 Å². The number of likely N-dealkylation sites (tertiary alicyclic amines) is 1. The smallest absolute Gasteiger partial charge is 0.310 e. The molecule has 1 aliphatic heterocycles. The van der Waals surface area contributed by atoms with Crippen LogP contribution >= 0.6 is 0 Å². The number of esters is 1. The molecule has 1 amide bonds. The van der Waals surface area contributed by atoms with Gasteiger partial charge in [0.05, 0.1) is 13.0 Å². The van der Waals surface area contributed by atoms with Gasteiger partial charge in [-0.2, -0.15) is 0 Å². The monoisotopic (exact) mass is 295 g/mol. The summed E-state index contributed by atoms with van der Waals surface area (Å²) in [4.78, 5) is 26.0. The van der Waals surface area contributed by atoms with Crippen LogP contribution in [0.2, 0.25) is 0 Å². The van der Waals surface area contributed by atoms with Crippen molar-refractivity contribution >= 4 is 11.9 Å². The summed E-state index contributed by atoms with van der Waals surface area (Å²) in [5, 5.41) is 0. The minimum Gasteiger partial charge on any atom is -0.469 e. The molecule has 1 saturated heterocycles. The van der Waals surface area contributed by atoms with E-state index in [2.05, 4.69) is 20.8 Å². The first-order chi connectivity index (χ1) is 9.82. The van der Waals surface area contributed by atoms with Crippen LogP contribution in [0.25, 0.3) is 0 Å². The second kappa shape index (κ2) is 6.37. The van der Waals surface area contributed by atoms with Crippen LogP contribution in [0, 0.1) is 23.2 Å². The molecule has 2 aliphatic rings. The number of rotatable bonds is 2. The van der Waals surface area contributed by atoms with Crippen molar-refractivity contribution in [3.63, 3.8) is 0 Å². The van der Waals surface area contributed by atoms with E-state index in [1.807, 2.05) is 4.90 Å². The van der Waals surface area contributed by atoms with Crippen molar-refractivity contribution in [2.45, 2.75) is 52.9 Å². The van der Waals surface area contributed by atoms with Crippen molar-refractivity contribution in [3.8, 4) is 0 Å². The van der Waals surface area contributed by atoms with Gasteiger partial charge in [0, 0.05) is 19.0 Å². The van der Waals surface area contributed by atoms with Crippen molar-refractivity contribution in [1.29, 1.82) is 0 Å². The largest absolute Gasteiger partial charge is 0.469 e. The molecule has 1 saturated carbocycles. The number of carbonyl (C=O) groups excluding carboxylic acids is 2. The minimum absolute atomic E-state index is 0.120. The Balaban J connectivity index is 1.84. The van der Waals surface area contributed by atoms with Crippen molar-refractivity contribution in [2.75, 3.05) is 20.2 Å². The Labute approximate surface area is 128 Å². The van der Waals surface area contributed by atoms with Crippen molar-refractivity contribution < 1.29 is 14.3 Å². The Morgan fingerprint density at radius 1 is 1.00 bits per heavy atom. The lowest BCUT2D eigenvalue weighted by atomic mass is 9.69. The van der Waals surface area contributed by atoms with Gasteiger partial charge in [0.1, 0.15) is 0 Å². The zero-order chi connectivity index (χ0) is 15.6. The van der Waals surface area contributed by atoms with E-state index >= 15 is 0 Å². The van der Waals surface area contributed by atoms with Crippen LogP contribution in [0.5, 0.6) is 0 Å². The zero-order valence-corrected chi connectivity index (χ0v) is 13.9. The Bertz CT molecular complexity index is 391. The molecule has 1 heterocycles. The SMILES string of the molecule is COC(=O)C1CCN(C(=O)C2CCC(C(C)(C)C)CC2)C1. The summed E-state index contributed by atoms with van der Waals surface area (Å²) in [6.45, 7) is 8.13. The highest BCUT2D eigenvalue weighted by atomic mass is 16.5. The Hall–Kier alpha value is -1.06. The van der Waals surface area contributed by atoms with Crippen LogP contribution in [0.4, 0.5) is 0 Å². The van der Waals surface area contributed by atoms with Gasteiger partial charge in [-0.05, 0) is 43.4 Å². The summed E-state index contributed by atoms with van der Waals surface area (Å²) in [6.07, 6.45) is 5.04.